The molecule has 1 aromatic rings. The largest absolute Gasteiger partial charge is 0.474 e. The first-order valence-electron chi connectivity index (χ1n) is 7.07. The van der Waals surface area contributed by atoms with Gasteiger partial charge in [-0.15, -0.1) is 0 Å². The minimum Gasteiger partial charge on any atom is -0.474 e. The summed E-state index contributed by atoms with van der Waals surface area (Å²) in [6.45, 7) is 4.23. The smallest absolute Gasteiger partial charge is 0.213 e. The molecule has 0 aliphatic heterocycles. The topological polar surface area (TPSA) is 48.1 Å². The Balaban J connectivity index is 1.92. The average Bonchev–Trinajstić information content (AvgIpc) is 2.39. The van der Waals surface area contributed by atoms with Gasteiger partial charge in [-0.3, -0.25) is 0 Å². The lowest BCUT2D eigenvalue weighted by Crippen LogP contribution is -2.25. The van der Waals surface area contributed by atoms with Gasteiger partial charge in [-0.25, -0.2) is 4.98 Å². The van der Waals surface area contributed by atoms with Crippen LogP contribution in [0.5, 0.6) is 5.88 Å². The molecule has 18 heavy (non-hydrogen) atoms. The molecule has 0 bridgehead atoms. The maximum absolute atomic E-state index is 5.97. The number of nitrogens with two attached hydrogens (primary N) is 1. The second-order valence-corrected chi connectivity index (χ2v) is 5.40. The number of hydrogen-bond acceptors (Lipinski definition) is 3. The number of ether oxygens (including phenoxy) is 1. The van der Waals surface area contributed by atoms with Gasteiger partial charge < -0.3 is 10.5 Å². The van der Waals surface area contributed by atoms with Gasteiger partial charge >= 0.3 is 0 Å². The van der Waals surface area contributed by atoms with Crippen LogP contribution < -0.4 is 10.5 Å². The molecule has 3 nitrogen and oxygen atoms in total. The molecule has 0 aromatic carbocycles. The van der Waals surface area contributed by atoms with Crippen molar-refractivity contribution in [3.8, 4) is 5.88 Å². The summed E-state index contributed by atoms with van der Waals surface area (Å²) < 4.78 is 5.97. The normalized spacial score (nSPS) is 25.7. The second kappa shape index (κ2) is 6.19. The summed E-state index contributed by atoms with van der Waals surface area (Å²) in [7, 11) is 0. The molecule has 3 atom stereocenters. The summed E-state index contributed by atoms with van der Waals surface area (Å²) >= 11 is 0. The van der Waals surface area contributed by atoms with Crippen molar-refractivity contribution in [3.05, 3.63) is 23.9 Å². The summed E-state index contributed by atoms with van der Waals surface area (Å²) in [5.74, 6) is 1.56. The van der Waals surface area contributed by atoms with Crippen LogP contribution in [0.15, 0.2) is 18.3 Å². The second-order valence-electron chi connectivity index (χ2n) is 5.40. The lowest BCUT2D eigenvalue weighted by Gasteiger charge is -2.28. The Kier molecular flexibility index (Phi) is 4.59. The average molecular weight is 248 g/mol. The molecule has 1 fully saturated rings. The Morgan fingerprint density at radius 2 is 2.28 bits per heavy atom. The summed E-state index contributed by atoms with van der Waals surface area (Å²) in [5.41, 5.74) is 6.86. The third kappa shape index (κ3) is 3.45. The highest BCUT2D eigenvalue weighted by Crippen LogP contribution is 2.29. The minimum atomic E-state index is 0.0331. The Morgan fingerprint density at radius 1 is 1.44 bits per heavy atom. The van der Waals surface area contributed by atoms with Crippen LogP contribution in [0.2, 0.25) is 0 Å². The van der Waals surface area contributed by atoms with Crippen molar-refractivity contribution in [3.63, 3.8) is 0 Å². The van der Waals surface area contributed by atoms with E-state index in [4.69, 9.17) is 10.5 Å². The van der Waals surface area contributed by atoms with Crippen LogP contribution in [0, 0.1) is 5.92 Å². The van der Waals surface area contributed by atoms with E-state index in [-0.39, 0.29) is 6.04 Å². The van der Waals surface area contributed by atoms with E-state index in [0.29, 0.717) is 6.10 Å². The van der Waals surface area contributed by atoms with E-state index in [1.165, 1.54) is 25.7 Å². The summed E-state index contributed by atoms with van der Waals surface area (Å²) in [6, 6.07) is 3.98. The first-order valence-corrected chi connectivity index (χ1v) is 7.07. The number of aromatic nitrogens is 1. The molecule has 0 saturated heterocycles. The van der Waals surface area contributed by atoms with Crippen LogP contribution in [0.1, 0.15) is 57.6 Å². The zero-order valence-electron chi connectivity index (χ0n) is 11.4. The summed E-state index contributed by atoms with van der Waals surface area (Å²) in [4.78, 5) is 4.34. The highest BCUT2D eigenvalue weighted by Gasteiger charge is 2.22. The van der Waals surface area contributed by atoms with Crippen molar-refractivity contribution in [2.75, 3.05) is 0 Å². The van der Waals surface area contributed by atoms with Crippen LogP contribution >= 0.6 is 0 Å². The maximum Gasteiger partial charge on any atom is 0.213 e. The van der Waals surface area contributed by atoms with Gasteiger partial charge in [0.1, 0.15) is 6.10 Å². The highest BCUT2D eigenvalue weighted by atomic mass is 16.5. The van der Waals surface area contributed by atoms with E-state index in [0.717, 1.165) is 23.8 Å². The number of pyridine rings is 1. The fourth-order valence-corrected chi connectivity index (χ4v) is 2.62. The lowest BCUT2D eigenvalue weighted by atomic mass is 9.85. The van der Waals surface area contributed by atoms with Gasteiger partial charge in [0.05, 0.1) is 0 Å². The molecule has 2 unspecified atom stereocenters. The van der Waals surface area contributed by atoms with E-state index < -0.39 is 0 Å². The van der Waals surface area contributed by atoms with Gasteiger partial charge in [0.15, 0.2) is 0 Å². The van der Waals surface area contributed by atoms with Crippen LogP contribution in [0.25, 0.3) is 0 Å². The molecule has 100 valence electrons. The molecule has 0 amide bonds. The van der Waals surface area contributed by atoms with Crippen molar-refractivity contribution in [2.45, 2.75) is 58.1 Å². The Bertz CT molecular complexity index is 361. The van der Waals surface area contributed by atoms with E-state index in [2.05, 4.69) is 11.9 Å². The van der Waals surface area contributed by atoms with Crippen LogP contribution in [0.4, 0.5) is 0 Å². The van der Waals surface area contributed by atoms with E-state index in [9.17, 15) is 0 Å². The predicted octanol–water partition coefficient (Wildman–Crippen LogP) is 3.45. The van der Waals surface area contributed by atoms with Crippen molar-refractivity contribution in [2.24, 2.45) is 11.7 Å². The highest BCUT2D eigenvalue weighted by molar-refractivity contribution is 5.20. The molecule has 1 aliphatic carbocycles. The van der Waals surface area contributed by atoms with Gasteiger partial charge in [0, 0.05) is 18.3 Å². The van der Waals surface area contributed by atoms with Crippen molar-refractivity contribution in [1.82, 2.24) is 4.98 Å². The first kappa shape index (κ1) is 13.3. The molecule has 1 aliphatic rings. The zero-order chi connectivity index (χ0) is 13.0. The standard InChI is InChI=1S/C15H24N2O/c1-3-12-5-4-6-14(9-12)18-15-8-7-13(10-17-15)11(2)16/h7-8,10-12,14H,3-6,9,16H2,1-2H3/t11-,12?,14?/m0/s1. The molecule has 3 heteroatoms. The molecular weight excluding hydrogens is 224 g/mol. The third-order valence-electron chi connectivity index (χ3n) is 3.88. The fourth-order valence-electron chi connectivity index (χ4n) is 2.62. The predicted molar refractivity (Wildman–Crippen MR) is 73.5 cm³/mol. The molecule has 0 spiro atoms. The van der Waals surface area contributed by atoms with Crippen molar-refractivity contribution >= 4 is 0 Å². The van der Waals surface area contributed by atoms with Gasteiger partial charge in [0.25, 0.3) is 0 Å². The molecule has 1 saturated carbocycles. The SMILES string of the molecule is CCC1CCCC(Oc2ccc([C@H](C)N)cn2)C1. The van der Waals surface area contributed by atoms with Crippen LogP contribution in [-0.4, -0.2) is 11.1 Å². The molecule has 2 N–H and O–H groups in total. The Morgan fingerprint density at radius 3 is 2.89 bits per heavy atom. The number of nitrogens with zero attached hydrogens (tertiary/aromatic N) is 1. The Hall–Kier alpha value is -1.09. The number of rotatable bonds is 4. The van der Waals surface area contributed by atoms with Crippen LogP contribution in [-0.2, 0) is 0 Å². The maximum atomic E-state index is 5.97. The van der Waals surface area contributed by atoms with Gasteiger partial charge in [-0.2, -0.15) is 0 Å². The van der Waals surface area contributed by atoms with E-state index in [1.54, 1.807) is 0 Å². The Labute approximate surface area is 110 Å². The van der Waals surface area contributed by atoms with Crippen molar-refractivity contribution < 1.29 is 4.74 Å². The van der Waals surface area contributed by atoms with Crippen molar-refractivity contribution in [1.29, 1.82) is 0 Å². The van der Waals surface area contributed by atoms with E-state index in [1.807, 2.05) is 25.3 Å². The van der Waals surface area contributed by atoms with E-state index >= 15 is 0 Å². The molecule has 0 radical (unpaired) electrons. The monoisotopic (exact) mass is 248 g/mol. The fraction of sp³-hybridized carbons (Fsp3) is 0.667. The number of hydrogen-bond donors (Lipinski definition) is 1. The molecule has 2 rings (SSSR count). The third-order valence-corrected chi connectivity index (χ3v) is 3.88. The summed E-state index contributed by atoms with van der Waals surface area (Å²) in [6.07, 6.45) is 8.39. The molecule has 1 aromatic heterocycles. The quantitative estimate of drug-likeness (QED) is 0.887. The molecule has 1 heterocycles. The zero-order valence-corrected chi connectivity index (χ0v) is 11.4. The van der Waals surface area contributed by atoms with Gasteiger partial charge in [-0.1, -0.05) is 25.8 Å². The van der Waals surface area contributed by atoms with Gasteiger partial charge in [0.2, 0.25) is 5.88 Å². The lowest BCUT2D eigenvalue weighted by molar-refractivity contribution is 0.117. The van der Waals surface area contributed by atoms with Crippen LogP contribution in [0.3, 0.4) is 0 Å². The summed E-state index contributed by atoms with van der Waals surface area (Å²) in [5, 5.41) is 0. The molecular formula is C15H24N2O. The minimum absolute atomic E-state index is 0.0331. The van der Waals surface area contributed by atoms with Gasteiger partial charge in [-0.05, 0) is 37.7 Å². The first-order chi connectivity index (χ1) is 8.69.